The minimum Gasteiger partial charge on any atom is -0.370 e. The monoisotopic (exact) mass is 241 g/mol. The van der Waals surface area contributed by atoms with Crippen LogP contribution in [0, 0.1) is 0 Å². The van der Waals surface area contributed by atoms with Gasteiger partial charge in [0.25, 0.3) is 0 Å². The smallest absolute Gasteiger partial charge is 0.239 e. The van der Waals surface area contributed by atoms with Crippen molar-refractivity contribution >= 4 is 11.8 Å². The van der Waals surface area contributed by atoms with E-state index in [0.29, 0.717) is 6.42 Å². The molecule has 1 heterocycles. The fourth-order valence-corrected chi connectivity index (χ4v) is 2.20. The van der Waals surface area contributed by atoms with Crippen LogP contribution < -0.4 is 11.1 Å². The zero-order chi connectivity index (χ0) is 12.7. The molecule has 1 aliphatic heterocycles. The van der Waals surface area contributed by atoms with Gasteiger partial charge in [0, 0.05) is 19.5 Å². The molecule has 2 amide bonds. The molecule has 0 aliphatic carbocycles. The van der Waals surface area contributed by atoms with Crippen LogP contribution in [0.25, 0.3) is 0 Å². The van der Waals surface area contributed by atoms with E-state index in [2.05, 4.69) is 5.32 Å². The van der Waals surface area contributed by atoms with E-state index in [-0.39, 0.29) is 17.9 Å². The van der Waals surface area contributed by atoms with E-state index in [1.165, 1.54) is 0 Å². The Morgan fingerprint density at radius 3 is 2.94 bits per heavy atom. The van der Waals surface area contributed by atoms with Crippen LogP contribution >= 0.6 is 0 Å². The second kappa shape index (κ2) is 7.27. The Hall–Kier alpha value is -1.10. The van der Waals surface area contributed by atoms with Crippen LogP contribution in [0.1, 0.15) is 39.0 Å². The zero-order valence-corrected chi connectivity index (χ0v) is 10.6. The molecule has 1 unspecified atom stereocenters. The van der Waals surface area contributed by atoms with Gasteiger partial charge in [-0.3, -0.25) is 9.59 Å². The maximum atomic E-state index is 12.0. The third-order valence-electron chi connectivity index (χ3n) is 3.08. The Balaban J connectivity index is 2.27. The Labute approximate surface area is 103 Å². The van der Waals surface area contributed by atoms with E-state index in [0.717, 1.165) is 45.3 Å². The summed E-state index contributed by atoms with van der Waals surface area (Å²) >= 11 is 0. The van der Waals surface area contributed by atoms with Crippen molar-refractivity contribution in [2.24, 2.45) is 5.73 Å². The number of likely N-dealkylation sites (N-methyl/N-ethyl adjacent to an activating group) is 1. The standard InChI is InChI=1S/C12H23N3O2/c1-2-14-10-6-5-9-15(12(10)17)8-4-3-7-11(13)16/h10,14H,2-9H2,1H3,(H2,13,16). The van der Waals surface area contributed by atoms with Gasteiger partial charge in [0.05, 0.1) is 6.04 Å². The van der Waals surface area contributed by atoms with E-state index < -0.39 is 0 Å². The molecule has 98 valence electrons. The quantitative estimate of drug-likeness (QED) is 0.627. The molecule has 0 aromatic rings. The Morgan fingerprint density at radius 1 is 1.53 bits per heavy atom. The largest absolute Gasteiger partial charge is 0.370 e. The molecule has 0 aromatic heterocycles. The summed E-state index contributed by atoms with van der Waals surface area (Å²) in [5, 5.41) is 3.21. The van der Waals surface area contributed by atoms with Crippen LogP contribution in [-0.4, -0.2) is 42.4 Å². The molecule has 1 aliphatic rings. The molecule has 0 spiro atoms. The summed E-state index contributed by atoms with van der Waals surface area (Å²) in [7, 11) is 0. The molecule has 1 rings (SSSR count). The highest BCUT2D eigenvalue weighted by Gasteiger charge is 2.27. The molecule has 1 saturated heterocycles. The topological polar surface area (TPSA) is 75.4 Å². The molecule has 17 heavy (non-hydrogen) atoms. The molecule has 0 bridgehead atoms. The maximum absolute atomic E-state index is 12.0. The lowest BCUT2D eigenvalue weighted by atomic mass is 10.0. The maximum Gasteiger partial charge on any atom is 0.239 e. The molecule has 5 heteroatoms. The summed E-state index contributed by atoms with van der Waals surface area (Å²) in [4.78, 5) is 24.5. The van der Waals surface area contributed by atoms with E-state index in [4.69, 9.17) is 5.73 Å². The van der Waals surface area contributed by atoms with Gasteiger partial charge in [0.2, 0.25) is 11.8 Å². The lowest BCUT2D eigenvalue weighted by molar-refractivity contribution is -0.136. The first kappa shape index (κ1) is 14.0. The highest BCUT2D eigenvalue weighted by atomic mass is 16.2. The van der Waals surface area contributed by atoms with Crippen molar-refractivity contribution in [3.05, 3.63) is 0 Å². The van der Waals surface area contributed by atoms with Crippen molar-refractivity contribution in [1.29, 1.82) is 0 Å². The fourth-order valence-electron chi connectivity index (χ4n) is 2.20. The number of hydrogen-bond acceptors (Lipinski definition) is 3. The number of carbonyl (C=O) groups excluding carboxylic acids is 2. The number of primary amides is 1. The predicted octanol–water partition coefficient (Wildman–Crippen LogP) is 0.243. The van der Waals surface area contributed by atoms with Gasteiger partial charge in [0.1, 0.15) is 0 Å². The second-order valence-corrected chi connectivity index (χ2v) is 4.50. The first-order valence-corrected chi connectivity index (χ1v) is 6.45. The third-order valence-corrected chi connectivity index (χ3v) is 3.08. The first-order valence-electron chi connectivity index (χ1n) is 6.45. The third kappa shape index (κ3) is 4.73. The Bertz CT molecular complexity index is 266. The Kier molecular flexibility index (Phi) is 5.97. The van der Waals surface area contributed by atoms with Crippen molar-refractivity contribution in [1.82, 2.24) is 10.2 Å². The van der Waals surface area contributed by atoms with Gasteiger partial charge in [0.15, 0.2) is 0 Å². The van der Waals surface area contributed by atoms with Crippen molar-refractivity contribution in [3.8, 4) is 0 Å². The zero-order valence-electron chi connectivity index (χ0n) is 10.6. The second-order valence-electron chi connectivity index (χ2n) is 4.50. The number of amides is 2. The molecule has 0 aromatic carbocycles. The molecule has 1 atom stereocenters. The molecule has 3 N–H and O–H groups in total. The van der Waals surface area contributed by atoms with Crippen LogP contribution in [-0.2, 0) is 9.59 Å². The number of nitrogens with zero attached hydrogens (tertiary/aromatic N) is 1. The van der Waals surface area contributed by atoms with Crippen LogP contribution in [0.4, 0.5) is 0 Å². The van der Waals surface area contributed by atoms with E-state index in [1.54, 1.807) is 0 Å². The van der Waals surface area contributed by atoms with Gasteiger partial charge < -0.3 is 16.0 Å². The van der Waals surface area contributed by atoms with E-state index in [9.17, 15) is 9.59 Å². The number of nitrogens with two attached hydrogens (primary N) is 1. The lowest BCUT2D eigenvalue weighted by Gasteiger charge is -2.32. The SMILES string of the molecule is CCNC1CCCN(CCCCC(N)=O)C1=O. The number of carbonyl (C=O) groups is 2. The summed E-state index contributed by atoms with van der Waals surface area (Å²) in [6.07, 6.45) is 4.03. The van der Waals surface area contributed by atoms with E-state index in [1.807, 2.05) is 11.8 Å². The van der Waals surface area contributed by atoms with Crippen molar-refractivity contribution in [2.75, 3.05) is 19.6 Å². The van der Waals surface area contributed by atoms with Gasteiger partial charge in [-0.2, -0.15) is 0 Å². The van der Waals surface area contributed by atoms with Crippen LogP contribution in [0.3, 0.4) is 0 Å². The molecular weight excluding hydrogens is 218 g/mol. The fraction of sp³-hybridized carbons (Fsp3) is 0.833. The van der Waals surface area contributed by atoms with E-state index >= 15 is 0 Å². The lowest BCUT2D eigenvalue weighted by Crippen LogP contribution is -2.50. The summed E-state index contributed by atoms with van der Waals surface area (Å²) in [5.41, 5.74) is 5.07. The highest BCUT2D eigenvalue weighted by molar-refractivity contribution is 5.82. The van der Waals surface area contributed by atoms with Gasteiger partial charge in [-0.05, 0) is 32.2 Å². The van der Waals surface area contributed by atoms with Crippen molar-refractivity contribution in [2.45, 2.75) is 45.1 Å². The average molecular weight is 241 g/mol. The van der Waals surface area contributed by atoms with Crippen molar-refractivity contribution < 1.29 is 9.59 Å². The van der Waals surface area contributed by atoms with Crippen LogP contribution in [0.5, 0.6) is 0 Å². The number of rotatable bonds is 7. The molecule has 0 radical (unpaired) electrons. The minimum absolute atomic E-state index is 0.00936. The minimum atomic E-state index is -0.263. The van der Waals surface area contributed by atoms with Gasteiger partial charge in [-0.25, -0.2) is 0 Å². The van der Waals surface area contributed by atoms with Crippen molar-refractivity contribution in [3.63, 3.8) is 0 Å². The molecular formula is C12H23N3O2. The van der Waals surface area contributed by atoms with Gasteiger partial charge >= 0.3 is 0 Å². The van der Waals surface area contributed by atoms with Gasteiger partial charge in [-0.15, -0.1) is 0 Å². The van der Waals surface area contributed by atoms with Gasteiger partial charge in [-0.1, -0.05) is 6.92 Å². The number of hydrogen-bond donors (Lipinski definition) is 2. The average Bonchev–Trinajstić information content (AvgIpc) is 2.29. The highest BCUT2D eigenvalue weighted by Crippen LogP contribution is 2.12. The summed E-state index contributed by atoms with van der Waals surface area (Å²) in [6.45, 7) is 4.43. The summed E-state index contributed by atoms with van der Waals surface area (Å²) in [5.74, 6) is -0.0577. The number of unbranched alkanes of at least 4 members (excludes halogenated alkanes) is 1. The molecule has 0 saturated carbocycles. The number of piperidine rings is 1. The van der Waals surface area contributed by atoms with Crippen LogP contribution in [0.2, 0.25) is 0 Å². The number of nitrogens with one attached hydrogen (secondary N) is 1. The molecule has 5 nitrogen and oxygen atoms in total. The first-order chi connectivity index (χ1) is 8.15. The number of likely N-dealkylation sites (tertiary alicyclic amines) is 1. The molecule has 1 fully saturated rings. The summed E-state index contributed by atoms with van der Waals surface area (Å²) in [6, 6.07) is -0.00936. The predicted molar refractivity (Wildman–Crippen MR) is 66.3 cm³/mol. The normalized spacial score (nSPS) is 20.6. The summed E-state index contributed by atoms with van der Waals surface area (Å²) < 4.78 is 0. The Morgan fingerprint density at radius 2 is 2.29 bits per heavy atom. The van der Waals surface area contributed by atoms with Crippen LogP contribution in [0.15, 0.2) is 0 Å².